The lowest BCUT2D eigenvalue weighted by atomic mass is 9.98. The number of amides is 1. The van der Waals surface area contributed by atoms with Crippen molar-refractivity contribution in [2.24, 2.45) is 0 Å². The lowest BCUT2D eigenvalue weighted by Gasteiger charge is -2.19. The Kier molecular flexibility index (Phi) is 5.58. The van der Waals surface area contributed by atoms with E-state index in [4.69, 9.17) is 9.47 Å². The first-order valence-electron chi connectivity index (χ1n) is 9.67. The summed E-state index contributed by atoms with van der Waals surface area (Å²) in [5.41, 5.74) is 4.24. The Labute approximate surface area is 178 Å². The van der Waals surface area contributed by atoms with Gasteiger partial charge in [-0.1, -0.05) is 48.5 Å². The fourth-order valence-corrected chi connectivity index (χ4v) is 3.96. The fourth-order valence-electron chi connectivity index (χ4n) is 3.96. The van der Waals surface area contributed by atoms with Gasteiger partial charge in [0, 0.05) is 11.5 Å². The number of aliphatic carboxylic acids is 1. The molecule has 3 aromatic carbocycles. The van der Waals surface area contributed by atoms with Crippen molar-refractivity contribution in [1.82, 2.24) is 5.32 Å². The van der Waals surface area contributed by atoms with Crippen molar-refractivity contribution in [3.05, 3.63) is 89.2 Å². The molecule has 158 valence electrons. The minimum atomic E-state index is -1.53. The van der Waals surface area contributed by atoms with Crippen molar-refractivity contribution < 1.29 is 28.6 Å². The number of benzene rings is 3. The van der Waals surface area contributed by atoms with Crippen LogP contribution in [0, 0.1) is 5.82 Å². The Morgan fingerprint density at radius 2 is 1.65 bits per heavy atom. The molecule has 7 heteroatoms. The molecular formula is C24H20FNO5. The van der Waals surface area contributed by atoms with Crippen molar-refractivity contribution in [3.8, 4) is 16.9 Å². The first kappa shape index (κ1) is 20.4. The molecule has 0 heterocycles. The SMILES string of the molecule is COc1ccc(F)cc1C(NC(=O)OCC1c2ccccc2-c2ccccc21)C(=O)O. The van der Waals surface area contributed by atoms with Crippen molar-refractivity contribution in [1.29, 1.82) is 0 Å². The summed E-state index contributed by atoms with van der Waals surface area (Å²) in [6, 6.07) is 17.7. The van der Waals surface area contributed by atoms with E-state index in [1.165, 1.54) is 13.2 Å². The summed E-state index contributed by atoms with van der Waals surface area (Å²) in [4.78, 5) is 24.2. The summed E-state index contributed by atoms with van der Waals surface area (Å²) < 4.78 is 24.2. The van der Waals surface area contributed by atoms with E-state index in [1.807, 2.05) is 48.5 Å². The van der Waals surface area contributed by atoms with E-state index < -0.39 is 23.9 Å². The highest BCUT2D eigenvalue weighted by Gasteiger charge is 2.31. The summed E-state index contributed by atoms with van der Waals surface area (Å²) in [5, 5.41) is 11.9. The predicted molar refractivity (Wildman–Crippen MR) is 112 cm³/mol. The number of carbonyl (C=O) groups excluding carboxylic acids is 1. The van der Waals surface area contributed by atoms with Crippen LogP contribution in [0.4, 0.5) is 9.18 Å². The third kappa shape index (κ3) is 3.94. The highest BCUT2D eigenvalue weighted by molar-refractivity contribution is 5.82. The van der Waals surface area contributed by atoms with E-state index in [2.05, 4.69) is 5.32 Å². The number of rotatable bonds is 6. The van der Waals surface area contributed by atoms with Crippen LogP contribution in [0.1, 0.15) is 28.7 Å². The second-order valence-corrected chi connectivity index (χ2v) is 7.13. The summed E-state index contributed by atoms with van der Waals surface area (Å²) in [7, 11) is 1.34. The largest absolute Gasteiger partial charge is 0.496 e. The average molecular weight is 421 g/mol. The van der Waals surface area contributed by atoms with Crippen LogP contribution in [-0.2, 0) is 9.53 Å². The zero-order valence-corrected chi connectivity index (χ0v) is 16.7. The monoisotopic (exact) mass is 421 g/mol. The quantitative estimate of drug-likeness (QED) is 0.612. The maximum absolute atomic E-state index is 13.7. The van der Waals surface area contributed by atoms with E-state index in [9.17, 15) is 19.1 Å². The van der Waals surface area contributed by atoms with Crippen LogP contribution in [0.3, 0.4) is 0 Å². The first-order valence-corrected chi connectivity index (χ1v) is 9.67. The van der Waals surface area contributed by atoms with Gasteiger partial charge >= 0.3 is 12.1 Å². The van der Waals surface area contributed by atoms with Gasteiger partial charge in [-0.05, 0) is 40.5 Å². The molecule has 0 spiro atoms. The third-order valence-corrected chi connectivity index (χ3v) is 5.36. The Hall–Kier alpha value is -3.87. The van der Waals surface area contributed by atoms with Crippen LogP contribution >= 0.6 is 0 Å². The third-order valence-electron chi connectivity index (χ3n) is 5.36. The lowest BCUT2D eigenvalue weighted by molar-refractivity contribution is -0.139. The van der Waals surface area contributed by atoms with Gasteiger partial charge in [0.1, 0.15) is 18.2 Å². The van der Waals surface area contributed by atoms with Crippen LogP contribution in [0.2, 0.25) is 0 Å². The van der Waals surface area contributed by atoms with E-state index in [1.54, 1.807) is 0 Å². The minimum Gasteiger partial charge on any atom is -0.496 e. The zero-order valence-electron chi connectivity index (χ0n) is 16.7. The van der Waals surface area contributed by atoms with E-state index >= 15 is 0 Å². The molecule has 0 aliphatic heterocycles. The van der Waals surface area contributed by atoms with Gasteiger partial charge < -0.3 is 19.9 Å². The molecule has 1 unspecified atom stereocenters. The molecule has 1 aliphatic carbocycles. The molecule has 4 rings (SSSR count). The Balaban J connectivity index is 1.52. The summed E-state index contributed by atoms with van der Waals surface area (Å²) in [6.07, 6.45) is -0.916. The van der Waals surface area contributed by atoms with Crippen molar-refractivity contribution >= 4 is 12.1 Å². The molecule has 0 fully saturated rings. The molecule has 0 saturated heterocycles. The molecule has 6 nitrogen and oxygen atoms in total. The number of carboxylic acids is 1. The van der Waals surface area contributed by atoms with Crippen LogP contribution in [0.15, 0.2) is 66.7 Å². The maximum atomic E-state index is 13.7. The number of fused-ring (bicyclic) bond motifs is 3. The van der Waals surface area contributed by atoms with Crippen LogP contribution in [0.5, 0.6) is 5.75 Å². The van der Waals surface area contributed by atoms with Crippen molar-refractivity contribution in [2.45, 2.75) is 12.0 Å². The van der Waals surface area contributed by atoms with Gasteiger partial charge in [0.2, 0.25) is 0 Å². The van der Waals surface area contributed by atoms with Crippen LogP contribution in [0.25, 0.3) is 11.1 Å². The highest BCUT2D eigenvalue weighted by Crippen LogP contribution is 2.44. The molecule has 3 aromatic rings. The van der Waals surface area contributed by atoms with Gasteiger partial charge in [-0.2, -0.15) is 0 Å². The molecule has 0 bridgehead atoms. The second kappa shape index (κ2) is 8.47. The van der Waals surface area contributed by atoms with Crippen LogP contribution < -0.4 is 10.1 Å². The summed E-state index contributed by atoms with van der Waals surface area (Å²) >= 11 is 0. The number of hydrogen-bond donors (Lipinski definition) is 2. The van der Waals surface area contributed by atoms with Gasteiger partial charge in [-0.3, -0.25) is 0 Å². The molecule has 0 radical (unpaired) electrons. The number of ether oxygens (including phenoxy) is 2. The van der Waals surface area contributed by atoms with E-state index in [-0.39, 0.29) is 23.8 Å². The standard InChI is InChI=1S/C24H20FNO5/c1-30-21-11-10-14(25)12-19(21)22(23(27)28)26-24(29)31-13-20-17-8-4-2-6-15(17)16-7-3-5-9-18(16)20/h2-12,20,22H,13H2,1H3,(H,26,29)(H,27,28). The number of carbonyl (C=O) groups is 2. The number of carboxylic acid groups (broad SMARTS) is 1. The molecular weight excluding hydrogens is 401 g/mol. The van der Waals surface area contributed by atoms with Crippen molar-refractivity contribution in [2.75, 3.05) is 13.7 Å². The van der Waals surface area contributed by atoms with Gasteiger partial charge in [-0.15, -0.1) is 0 Å². The van der Waals surface area contributed by atoms with Gasteiger partial charge in [0.15, 0.2) is 6.04 Å². The molecule has 31 heavy (non-hydrogen) atoms. The average Bonchev–Trinajstić information content (AvgIpc) is 3.09. The second-order valence-electron chi connectivity index (χ2n) is 7.13. The number of hydrogen-bond acceptors (Lipinski definition) is 4. The molecule has 1 atom stereocenters. The summed E-state index contributed by atoms with van der Waals surface area (Å²) in [6.45, 7) is 0.0342. The first-order chi connectivity index (χ1) is 15.0. The van der Waals surface area contributed by atoms with Crippen molar-refractivity contribution in [3.63, 3.8) is 0 Å². The number of methoxy groups -OCH3 is 1. The Morgan fingerprint density at radius 1 is 1.03 bits per heavy atom. The maximum Gasteiger partial charge on any atom is 0.408 e. The van der Waals surface area contributed by atoms with Gasteiger partial charge in [-0.25, -0.2) is 14.0 Å². The minimum absolute atomic E-state index is 0.0106. The number of alkyl carbamates (subject to hydrolysis) is 1. The zero-order chi connectivity index (χ0) is 22.0. The van der Waals surface area contributed by atoms with E-state index in [0.717, 1.165) is 34.4 Å². The molecule has 1 aliphatic rings. The Morgan fingerprint density at radius 3 is 2.23 bits per heavy atom. The topological polar surface area (TPSA) is 84.9 Å². The fraction of sp³-hybridized carbons (Fsp3) is 0.167. The lowest BCUT2D eigenvalue weighted by Crippen LogP contribution is -2.35. The smallest absolute Gasteiger partial charge is 0.408 e. The highest BCUT2D eigenvalue weighted by atomic mass is 19.1. The summed E-state index contributed by atoms with van der Waals surface area (Å²) in [5.74, 6) is -2.02. The van der Waals surface area contributed by atoms with Gasteiger partial charge in [0.25, 0.3) is 0 Å². The molecule has 0 aromatic heterocycles. The molecule has 0 saturated carbocycles. The van der Waals surface area contributed by atoms with Gasteiger partial charge in [0.05, 0.1) is 7.11 Å². The molecule has 2 N–H and O–H groups in total. The Bertz CT molecular complexity index is 1100. The molecule has 1 amide bonds. The predicted octanol–water partition coefficient (Wildman–Crippen LogP) is 4.50. The van der Waals surface area contributed by atoms with Crippen LogP contribution in [-0.4, -0.2) is 30.9 Å². The normalized spacial score (nSPS) is 13.1. The number of halogens is 1. The van der Waals surface area contributed by atoms with E-state index in [0.29, 0.717) is 0 Å². The number of nitrogens with one attached hydrogen (secondary N) is 1.